The van der Waals surface area contributed by atoms with E-state index in [-0.39, 0.29) is 5.92 Å². The smallest absolute Gasteiger partial charge is 0.0711 e. The van der Waals surface area contributed by atoms with E-state index in [2.05, 4.69) is 184 Å². The molecule has 1 atom stereocenters. The molecule has 0 bridgehead atoms. The molecule has 7 aromatic rings. The first-order valence-electron chi connectivity index (χ1n) is 16.8. The highest BCUT2D eigenvalue weighted by Crippen LogP contribution is 2.44. The Labute approximate surface area is 284 Å². The highest BCUT2D eigenvalue weighted by molar-refractivity contribution is 6.22. The Balaban J connectivity index is 1.51. The second-order valence-electron chi connectivity index (χ2n) is 12.4. The van der Waals surface area contributed by atoms with Gasteiger partial charge in [0.2, 0.25) is 0 Å². The topological polar surface area (TPSA) is 12.4 Å². The largest absolute Gasteiger partial charge is 0.252 e. The summed E-state index contributed by atoms with van der Waals surface area (Å²) in [5.74, 6) is 0.230. The quantitative estimate of drug-likeness (QED) is 0.0868. The van der Waals surface area contributed by atoms with Crippen LogP contribution in [0.3, 0.4) is 0 Å². The zero-order chi connectivity index (χ0) is 32.9. The first-order valence-corrected chi connectivity index (χ1v) is 16.8. The Bertz CT molecular complexity index is 2260. The van der Waals surface area contributed by atoms with Crippen LogP contribution in [-0.2, 0) is 0 Å². The number of rotatable bonds is 9. The SMILES string of the molecule is C=C(/C=C(\N=C(c1ccc2c(-c3ccccc3)c3ccccc3c(-c3ccccc3)c2c1)C(C)CC)c1ccccc1)c1ccccc1. The Morgan fingerprint density at radius 1 is 0.542 bits per heavy atom. The van der Waals surface area contributed by atoms with Gasteiger partial charge in [0.25, 0.3) is 0 Å². The van der Waals surface area contributed by atoms with E-state index in [9.17, 15) is 0 Å². The molecule has 0 saturated heterocycles. The van der Waals surface area contributed by atoms with Crippen molar-refractivity contribution in [1.82, 2.24) is 0 Å². The van der Waals surface area contributed by atoms with Crippen LogP contribution in [0.25, 0.3) is 55.1 Å². The molecule has 0 aliphatic rings. The Morgan fingerprint density at radius 3 is 1.54 bits per heavy atom. The van der Waals surface area contributed by atoms with Crippen LogP contribution in [0.2, 0.25) is 0 Å². The predicted molar refractivity (Wildman–Crippen MR) is 208 cm³/mol. The summed E-state index contributed by atoms with van der Waals surface area (Å²) in [6, 6.07) is 58.2. The van der Waals surface area contributed by atoms with Crippen LogP contribution >= 0.6 is 0 Å². The Hall–Kier alpha value is -5.79. The van der Waals surface area contributed by atoms with E-state index in [1.165, 1.54) is 43.8 Å². The first-order chi connectivity index (χ1) is 23.6. The Morgan fingerprint density at radius 2 is 1.00 bits per heavy atom. The number of benzene rings is 7. The third kappa shape index (κ3) is 6.16. The van der Waals surface area contributed by atoms with Crippen LogP contribution in [0, 0.1) is 5.92 Å². The number of nitrogens with zero attached hydrogens (tertiary/aromatic N) is 1. The molecule has 7 rings (SSSR count). The lowest BCUT2D eigenvalue weighted by Crippen LogP contribution is -2.12. The standard InChI is InChI=1S/C47H39N/c1-4-33(2)47(48-44(36-21-11-6-12-22-36)31-34(3)35-19-9-5-10-20-35)39-29-30-42-43(32-39)46(38-25-15-8-16-26-38)41-28-18-17-27-40(41)45(42)37-23-13-7-14-24-37/h5-33H,3-4H2,1-2H3/b44-31-,48-47?. The molecule has 48 heavy (non-hydrogen) atoms. The summed E-state index contributed by atoms with van der Waals surface area (Å²) in [7, 11) is 0. The zero-order valence-electron chi connectivity index (χ0n) is 27.6. The van der Waals surface area contributed by atoms with Crippen molar-refractivity contribution in [3.63, 3.8) is 0 Å². The highest BCUT2D eigenvalue weighted by atomic mass is 14.8. The first kappa shape index (κ1) is 30.8. The van der Waals surface area contributed by atoms with Gasteiger partial charge < -0.3 is 0 Å². The maximum absolute atomic E-state index is 5.52. The van der Waals surface area contributed by atoms with Gasteiger partial charge in [-0.25, -0.2) is 0 Å². The maximum atomic E-state index is 5.52. The van der Waals surface area contributed by atoms with Crippen molar-refractivity contribution in [2.24, 2.45) is 10.9 Å². The van der Waals surface area contributed by atoms with E-state index in [0.29, 0.717) is 0 Å². The van der Waals surface area contributed by atoms with Gasteiger partial charge in [-0.1, -0.05) is 178 Å². The third-order valence-electron chi connectivity index (χ3n) is 9.29. The fraction of sp³-hybridized carbons (Fsp3) is 0.0851. The summed E-state index contributed by atoms with van der Waals surface area (Å²) < 4.78 is 0. The summed E-state index contributed by atoms with van der Waals surface area (Å²) in [4.78, 5) is 5.52. The molecule has 7 aromatic carbocycles. The maximum Gasteiger partial charge on any atom is 0.0711 e. The van der Waals surface area contributed by atoms with E-state index in [1.807, 2.05) is 6.07 Å². The molecule has 0 spiro atoms. The summed E-state index contributed by atoms with van der Waals surface area (Å²) in [6.07, 6.45) is 3.10. The Kier molecular flexibility index (Phi) is 8.94. The van der Waals surface area contributed by atoms with E-state index < -0.39 is 0 Å². The molecule has 0 aliphatic heterocycles. The molecule has 0 heterocycles. The minimum atomic E-state index is 0.230. The number of hydrogen-bond acceptors (Lipinski definition) is 1. The molecule has 0 amide bonds. The molecule has 1 nitrogen and oxygen atoms in total. The van der Waals surface area contributed by atoms with E-state index in [1.54, 1.807) is 0 Å². The lowest BCUT2D eigenvalue weighted by molar-refractivity contribution is 0.740. The molecule has 232 valence electrons. The minimum absolute atomic E-state index is 0.230. The molecule has 0 saturated carbocycles. The molecule has 0 N–H and O–H groups in total. The number of aliphatic imine (C=N–C) groups is 1. The molecule has 0 aromatic heterocycles. The summed E-state index contributed by atoms with van der Waals surface area (Å²) in [6.45, 7) is 8.97. The number of allylic oxidation sites excluding steroid dienone is 2. The lowest BCUT2D eigenvalue weighted by atomic mass is 9.84. The molecular weight excluding hydrogens is 579 g/mol. The van der Waals surface area contributed by atoms with Crippen LogP contribution in [0.15, 0.2) is 181 Å². The van der Waals surface area contributed by atoms with Crippen molar-refractivity contribution in [3.05, 3.63) is 193 Å². The fourth-order valence-corrected chi connectivity index (χ4v) is 6.64. The zero-order valence-corrected chi connectivity index (χ0v) is 27.6. The van der Waals surface area contributed by atoms with Gasteiger partial charge in [0.1, 0.15) is 0 Å². The van der Waals surface area contributed by atoms with Crippen molar-refractivity contribution >= 4 is 38.5 Å². The molecule has 1 unspecified atom stereocenters. The van der Waals surface area contributed by atoms with Crippen molar-refractivity contribution in [2.45, 2.75) is 20.3 Å². The monoisotopic (exact) mass is 617 g/mol. The number of hydrogen-bond donors (Lipinski definition) is 0. The summed E-state index contributed by atoms with van der Waals surface area (Å²) in [5.41, 5.74) is 11.2. The van der Waals surface area contributed by atoms with Crippen LogP contribution < -0.4 is 0 Å². The summed E-state index contributed by atoms with van der Waals surface area (Å²) in [5, 5.41) is 4.97. The average Bonchev–Trinajstić information content (AvgIpc) is 3.16. The molecule has 1 heteroatoms. The molecular formula is C47H39N. The highest BCUT2D eigenvalue weighted by Gasteiger charge is 2.20. The molecule has 0 fully saturated rings. The average molecular weight is 618 g/mol. The van der Waals surface area contributed by atoms with Gasteiger partial charge in [-0.15, -0.1) is 0 Å². The van der Waals surface area contributed by atoms with Crippen molar-refractivity contribution < 1.29 is 0 Å². The van der Waals surface area contributed by atoms with Crippen molar-refractivity contribution in [3.8, 4) is 22.3 Å². The van der Waals surface area contributed by atoms with Crippen LogP contribution in [-0.4, -0.2) is 5.71 Å². The van der Waals surface area contributed by atoms with Crippen LogP contribution in [0.4, 0.5) is 0 Å². The third-order valence-corrected chi connectivity index (χ3v) is 9.29. The second kappa shape index (κ2) is 13.9. The minimum Gasteiger partial charge on any atom is -0.252 e. The molecule has 0 aliphatic carbocycles. The van der Waals surface area contributed by atoms with Crippen molar-refractivity contribution in [1.29, 1.82) is 0 Å². The summed E-state index contributed by atoms with van der Waals surface area (Å²) >= 11 is 0. The van der Waals surface area contributed by atoms with E-state index >= 15 is 0 Å². The molecule has 0 radical (unpaired) electrons. The van der Waals surface area contributed by atoms with Gasteiger partial charge in [-0.3, -0.25) is 4.99 Å². The second-order valence-corrected chi connectivity index (χ2v) is 12.4. The van der Waals surface area contributed by atoms with Crippen molar-refractivity contribution in [2.75, 3.05) is 0 Å². The van der Waals surface area contributed by atoms with Gasteiger partial charge in [-0.05, 0) is 85.0 Å². The van der Waals surface area contributed by atoms with Gasteiger partial charge in [-0.2, -0.15) is 0 Å². The fourth-order valence-electron chi connectivity index (χ4n) is 6.64. The van der Waals surface area contributed by atoms with E-state index in [0.717, 1.165) is 40.1 Å². The predicted octanol–water partition coefficient (Wildman–Crippen LogP) is 12.9. The normalized spacial score (nSPS) is 12.7. The van der Waals surface area contributed by atoms with Crippen LogP contribution in [0.1, 0.15) is 37.0 Å². The van der Waals surface area contributed by atoms with E-state index in [4.69, 9.17) is 4.99 Å². The van der Waals surface area contributed by atoms with Gasteiger partial charge in [0.05, 0.1) is 11.4 Å². The number of fused-ring (bicyclic) bond motifs is 2. The lowest BCUT2D eigenvalue weighted by Gasteiger charge is -2.20. The van der Waals surface area contributed by atoms with Gasteiger partial charge >= 0.3 is 0 Å². The van der Waals surface area contributed by atoms with Crippen LogP contribution in [0.5, 0.6) is 0 Å². The van der Waals surface area contributed by atoms with Gasteiger partial charge in [0, 0.05) is 5.56 Å². The van der Waals surface area contributed by atoms with Gasteiger partial charge in [0.15, 0.2) is 0 Å².